The fourth-order valence-corrected chi connectivity index (χ4v) is 3.17. The molecule has 0 saturated heterocycles. The number of hydrogen-bond donors (Lipinski definition) is 0. The summed E-state index contributed by atoms with van der Waals surface area (Å²) in [4.78, 5) is 18.9. The van der Waals surface area contributed by atoms with Gasteiger partial charge in [0.15, 0.2) is 11.3 Å². The third-order valence-corrected chi connectivity index (χ3v) is 4.47. The molecule has 0 saturated carbocycles. The van der Waals surface area contributed by atoms with Crippen molar-refractivity contribution in [2.45, 2.75) is 13.1 Å². The molecule has 0 aliphatic heterocycles. The first kappa shape index (κ1) is 17.6. The first-order valence-corrected chi connectivity index (χ1v) is 8.96. The van der Waals surface area contributed by atoms with Gasteiger partial charge in [-0.3, -0.25) is 4.79 Å². The van der Waals surface area contributed by atoms with E-state index in [1.807, 2.05) is 18.2 Å². The summed E-state index contributed by atoms with van der Waals surface area (Å²) in [6, 6.07) is 15.9. The Morgan fingerprint density at radius 3 is 2.63 bits per heavy atom. The molecular weight excluding hydrogens is 387 g/mol. The summed E-state index contributed by atoms with van der Waals surface area (Å²) >= 11 is 12.1. The van der Waals surface area contributed by atoms with Crippen LogP contribution in [0.1, 0.15) is 22.0 Å². The molecule has 2 aromatic carbocycles. The van der Waals surface area contributed by atoms with Crippen LogP contribution < -0.4 is 0 Å². The summed E-state index contributed by atoms with van der Waals surface area (Å²) in [6.45, 7) is 0.512. The minimum Gasteiger partial charge on any atom is -0.459 e. The van der Waals surface area contributed by atoms with Gasteiger partial charge in [0.2, 0.25) is 5.89 Å². The van der Waals surface area contributed by atoms with Gasteiger partial charge in [-0.2, -0.15) is 0 Å². The normalized spacial score (nSPS) is 11.0. The lowest BCUT2D eigenvalue weighted by atomic mass is 10.2. The number of benzene rings is 2. The maximum atomic E-state index is 12.9. The summed E-state index contributed by atoms with van der Waals surface area (Å²) < 4.78 is 11.0. The third-order valence-electron chi connectivity index (χ3n) is 4.00. The molecule has 2 aromatic heterocycles. The Morgan fingerprint density at radius 2 is 1.85 bits per heavy atom. The second-order valence-corrected chi connectivity index (χ2v) is 6.86. The first-order valence-electron chi connectivity index (χ1n) is 8.21. The standard InChI is InChI=1S/C20H14Cl2N2O3/c21-14-4-1-3-13(9-14)11-24(20(25)18-5-2-8-26-18)12-19-23-16-10-15(22)6-7-17(16)27-19/h1-10H,11-12H2. The maximum Gasteiger partial charge on any atom is 0.290 e. The molecule has 27 heavy (non-hydrogen) atoms. The van der Waals surface area contributed by atoms with Crippen molar-refractivity contribution in [3.63, 3.8) is 0 Å². The fraction of sp³-hybridized carbons (Fsp3) is 0.100. The average molecular weight is 401 g/mol. The lowest BCUT2D eigenvalue weighted by molar-refractivity contribution is 0.0683. The highest BCUT2D eigenvalue weighted by molar-refractivity contribution is 6.31. The van der Waals surface area contributed by atoms with E-state index in [0.29, 0.717) is 33.6 Å². The van der Waals surface area contributed by atoms with Gasteiger partial charge in [-0.05, 0) is 48.0 Å². The van der Waals surface area contributed by atoms with Gasteiger partial charge < -0.3 is 13.7 Å². The van der Waals surface area contributed by atoms with Crippen LogP contribution >= 0.6 is 23.2 Å². The van der Waals surface area contributed by atoms with Gasteiger partial charge in [0.05, 0.1) is 12.8 Å². The molecule has 0 N–H and O–H groups in total. The van der Waals surface area contributed by atoms with Gasteiger partial charge in [-0.1, -0.05) is 35.3 Å². The second-order valence-electron chi connectivity index (χ2n) is 5.99. The zero-order chi connectivity index (χ0) is 18.8. The average Bonchev–Trinajstić information content (AvgIpc) is 3.29. The Hall–Kier alpha value is -2.76. The molecule has 5 nitrogen and oxygen atoms in total. The highest BCUT2D eigenvalue weighted by Crippen LogP contribution is 2.22. The molecule has 4 aromatic rings. The highest BCUT2D eigenvalue weighted by Gasteiger charge is 2.21. The van der Waals surface area contributed by atoms with Crippen molar-refractivity contribution in [3.8, 4) is 0 Å². The van der Waals surface area contributed by atoms with Crippen LogP contribution in [0, 0.1) is 0 Å². The molecule has 4 rings (SSSR count). The monoisotopic (exact) mass is 400 g/mol. The summed E-state index contributed by atoms with van der Waals surface area (Å²) in [5.41, 5.74) is 2.15. The van der Waals surface area contributed by atoms with E-state index in [4.69, 9.17) is 32.0 Å². The van der Waals surface area contributed by atoms with E-state index in [1.54, 1.807) is 41.3 Å². The molecule has 0 unspecified atom stereocenters. The number of halogens is 2. The number of nitrogens with zero attached hydrogens (tertiary/aromatic N) is 2. The van der Waals surface area contributed by atoms with Crippen LogP contribution in [-0.4, -0.2) is 15.8 Å². The number of rotatable bonds is 5. The van der Waals surface area contributed by atoms with E-state index in [-0.39, 0.29) is 18.2 Å². The Bertz CT molecular complexity index is 1090. The van der Waals surface area contributed by atoms with Crippen molar-refractivity contribution in [2.75, 3.05) is 0 Å². The van der Waals surface area contributed by atoms with Crippen LogP contribution in [0.2, 0.25) is 10.0 Å². The zero-order valence-electron chi connectivity index (χ0n) is 14.1. The van der Waals surface area contributed by atoms with E-state index in [0.717, 1.165) is 5.56 Å². The van der Waals surface area contributed by atoms with Gasteiger partial charge in [-0.15, -0.1) is 0 Å². The van der Waals surface area contributed by atoms with Gasteiger partial charge in [0.25, 0.3) is 5.91 Å². The Kier molecular flexibility index (Phi) is 4.88. The summed E-state index contributed by atoms with van der Waals surface area (Å²) in [5, 5.41) is 1.18. The number of hydrogen-bond acceptors (Lipinski definition) is 4. The molecule has 0 radical (unpaired) electrons. The van der Waals surface area contributed by atoms with Crippen molar-refractivity contribution in [2.24, 2.45) is 0 Å². The fourth-order valence-electron chi connectivity index (χ4n) is 2.79. The van der Waals surface area contributed by atoms with Gasteiger partial charge in [0, 0.05) is 16.6 Å². The third kappa shape index (κ3) is 3.99. The molecule has 0 bridgehead atoms. The van der Waals surface area contributed by atoms with Gasteiger partial charge in [-0.25, -0.2) is 4.98 Å². The Balaban J connectivity index is 1.64. The second kappa shape index (κ2) is 7.47. The van der Waals surface area contributed by atoms with Crippen molar-refractivity contribution in [3.05, 3.63) is 88.1 Å². The summed E-state index contributed by atoms with van der Waals surface area (Å²) in [6.07, 6.45) is 1.46. The van der Waals surface area contributed by atoms with E-state index in [1.165, 1.54) is 6.26 Å². The van der Waals surface area contributed by atoms with Crippen molar-refractivity contribution >= 4 is 40.2 Å². The van der Waals surface area contributed by atoms with Crippen LogP contribution in [0.4, 0.5) is 0 Å². The van der Waals surface area contributed by atoms with Crippen LogP contribution in [0.5, 0.6) is 0 Å². The molecule has 0 fully saturated rings. The first-order chi connectivity index (χ1) is 13.1. The quantitative estimate of drug-likeness (QED) is 0.439. The molecule has 7 heteroatoms. The van der Waals surface area contributed by atoms with Crippen LogP contribution in [-0.2, 0) is 13.1 Å². The summed E-state index contributed by atoms with van der Waals surface area (Å²) in [5.74, 6) is 0.394. The minimum atomic E-state index is -0.264. The lowest BCUT2D eigenvalue weighted by Gasteiger charge is -2.20. The molecule has 0 aliphatic rings. The Labute approximate surface area is 165 Å². The van der Waals surface area contributed by atoms with Crippen LogP contribution in [0.25, 0.3) is 11.1 Å². The lowest BCUT2D eigenvalue weighted by Crippen LogP contribution is -2.30. The van der Waals surface area contributed by atoms with E-state index >= 15 is 0 Å². The van der Waals surface area contributed by atoms with Crippen LogP contribution in [0.3, 0.4) is 0 Å². The SMILES string of the molecule is O=C(c1ccco1)N(Cc1cccc(Cl)c1)Cc1nc2cc(Cl)ccc2o1. The maximum absolute atomic E-state index is 12.9. The molecule has 2 heterocycles. The van der Waals surface area contributed by atoms with Crippen LogP contribution in [0.15, 0.2) is 69.7 Å². The predicted octanol–water partition coefficient (Wildman–Crippen LogP) is 5.57. The minimum absolute atomic E-state index is 0.179. The number of aromatic nitrogens is 1. The summed E-state index contributed by atoms with van der Waals surface area (Å²) in [7, 11) is 0. The highest BCUT2D eigenvalue weighted by atomic mass is 35.5. The zero-order valence-corrected chi connectivity index (χ0v) is 15.6. The predicted molar refractivity (Wildman–Crippen MR) is 103 cm³/mol. The largest absolute Gasteiger partial charge is 0.459 e. The topological polar surface area (TPSA) is 59.5 Å². The van der Waals surface area contributed by atoms with E-state index in [2.05, 4.69) is 4.98 Å². The molecule has 136 valence electrons. The molecule has 1 amide bonds. The Morgan fingerprint density at radius 1 is 1.00 bits per heavy atom. The molecule has 0 aliphatic carbocycles. The van der Waals surface area contributed by atoms with Crippen molar-refractivity contribution < 1.29 is 13.6 Å². The van der Waals surface area contributed by atoms with Crippen molar-refractivity contribution in [1.29, 1.82) is 0 Å². The van der Waals surface area contributed by atoms with E-state index < -0.39 is 0 Å². The molecule has 0 atom stereocenters. The molecule has 0 spiro atoms. The van der Waals surface area contributed by atoms with Crippen molar-refractivity contribution in [1.82, 2.24) is 9.88 Å². The number of amides is 1. The molecular formula is C20H14Cl2N2O3. The number of carbonyl (C=O) groups excluding carboxylic acids is 1. The number of furan rings is 1. The van der Waals surface area contributed by atoms with E-state index in [9.17, 15) is 4.79 Å². The smallest absolute Gasteiger partial charge is 0.290 e. The number of oxazole rings is 1. The van der Waals surface area contributed by atoms with Gasteiger partial charge in [0.1, 0.15) is 5.52 Å². The van der Waals surface area contributed by atoms with Gasteiger partial charge >= 0.3 is 0 Å². The number of fused-ring (bicyclic) bond motifs is 1. The number of carbonyl (C=O) groups is 1.